The molecule has 0 spiro atoms. The van der Waals surface area contributed by atoms with Crippen LogP contribution in [-0.4, -0.2) is 85.3 Å². The Morgan fingerprint density at radius 1 is 0.562 bits per heavy atom. The molecule has 1 aliphatic heterocycles. The van der Waals surface area contributed by atoms with Crippen LogP contribution in [0.3, 0.4) is 0 Å². The van der Waals surface area contributed by atoms with Crippen molar-refractivity contribution >= 4 is 17.8 Å². The number of unbranched alkanes of at least 4 members (excludes halogenated alkanes) is 17. The van der Waals surface area contributed by atoms with Crippen molar-refractivity contribution in [1.82, 2.24) is 9.80 Å². The Kier molecular flexibility index (Phi) is 27.9. The van der Waals surface area contributed by atoms with Crippen LogP contribution in [-0.2, 0) is 23.9 Å². The first-order valence-electron chi connectivity index (χ1n) is 20.3. The number of ether oxygens (including phenoxy) is 2. The Hall–Kier alpha value is -1.67. The van der Waals surface area contributed by atoms with E-state index in [-0.39, 0.29) is 37.7 Å². The SMILES string of the molecule is CCCCCCCCCCCC(=O)OCC1(COC(=O)CCCCCCCCCCC)CCN(C(=O)CCN(CCO)CCCC)CC1. The normalized spacial score (nSPS) is 14.4. The van der Waals surface area contributed by atoms with Gasteiger partial charge in [-0.15, -0.1) is 0 Å². The summed E-state index contributed by atoms with van der Waals surface area (Å²) in [6, 6.07) is 0. The number of nitrogens with zero attached hydrogens (tertiary/aromatic N) is 2. The van der Waals surface area contributed by atoms with Gasteiger partial charge in [-0.1, -0.05) is 130 Å². The van der Waals surface area contributed by atoms with Crippen LogP contribution in [0.4, 0.5) is 0 Å². The number of hydrogen-bond donors (Lipinski definition) is 1. The molecule has 1 saturated heterocycles. The highest BCUT2D eigenvalue weighted by molar-refractivity contribution is 5.76. The smallest absolute Gasteiger partial charge is 0.305 e. The van der Waals surface area contributed by atoms with Gasteiger partial charge in [0.1, 0.15) is 13.2 Å². The molecule has 0 radical (unpaired) electrons. The van der Waals surface area contributed by atoms with Crippen molar-refractivity contribution in [1.29, 1.82) is 0 Å². The average molecular weight is 681 g/mol. The molecule has 0 atom stereocenters. The molecule has 1 heterocycles. The number of esters is 2. The molecule has 1 rings (SSSR count). The van der Waals surface area contributed by atoms with E-state index in [0.717, 1.165) is 45.1 Å². The number of carbonyl (C=O) groups excluding carboxylic acids is 3. The zero-order valence-electron chi connectivity index (χ0n) is 31.7. The Labute approximate surface area is 295 Å². The molecule has 0 aromatic heterocycles. The minimum absolute atomic E-state index is 0.0971. The third kappa shape index (κ3) is 22.9. The topological polar surface area (TPSA) is 96.4 Å². The second-order valence-electron chi connectivity index (χ2n) is 14.5. The van der Waals surface area contributed by atoms with Gasteiger partial charge >= 0.3 is 11.9 Å². The van der Waals surface area contributed by atoms with Gasteiger partial charge in [0, 0.05) is 50.9 Å². The van der Waals surface area contributed by atoms with E-state index in [1.54, 1.807) is 0 Å². The standard InChI is InChI=1S/C40H76N2O6/c1-4-7-10-12-14-16-18-20-22-24-38(45)47-35-40(36-48-39(46)25-23-21-19-17-15-13-11-8-5-2)27-31-42(32-28-40)37(44)26-30-41(33-34-43)29-9-6-3/h43H,4-36H2,1-3H3. The maximum atomic E-state index is 13.1. The van der Waals surface area contributed by atoms with E-state index in [4.69, 9.17) is 9.47 Å². The fourth-order valence-electron chi connectivity index (χ4n) is 6.60. The average Bonchev–Trinajstić information content (AvgIpc) is 3.09. The van der Waals surface area contributed by atoms with Gasteiger partial charge in [-0.2, -0.15) is 0 Å². The molecule has 0 saturated carbocycles. The van der Waals surface area contributed by atoms with Crippen molar-refractivity contribution in [2.75, 3.05) is 52.5 Å². The molecule has 1 amide bonds. The highest BCUT2D eigenvalue weighted by Crippen LogP contribution is 2.33. The Balaban J connectivity index is 2.54. The maximum Gasteiger partial charge on any atom is 0.305 e. The summed E-state index contributed by atoms with van der Waals surface area (Å²) in [5.41, 5.74) is -0.455. The third-order valence-electron chi connectivity index (χ3n) is 10.1. The minimum Gasteiger partial charge on any atom is -0.465 e. The van der Waals surface area contributed by atoms with E-state index in [9.17, 15) is 19.5 Å². The van der Waals surface area contributed by atoms with Crippen LogP contribution in [0.25, 0.3) is 0 Å². The number of amides is 1. The summed E-state index contributed by atoms with van der Waals surface area (Å²) in [6.07, 6.45) is 26.3. The fraction of sp³-hybridized carbons (Fsp3) is 0.925. The van der Waals surface area contributed by atoms with Crippen LogP contribution in [0.2, 0.25) is 0 Å². The lowest BCUT2D eigenvalue weighted by atomic mass is 9.79. The molecule has 8 heteroatoms. The van der Waals surface area contributed by atoms with E-state index in [1.165, 1.54) is 89.9 Å². The Bertz CT molecular complexity index is 759. The molecule has 1 aliphatic rings. The molecule has 0 aromatic rings. The number of aliphatic hydroxyl groups excluding tert-OH is 1. The molecule has 0 aromatic carbocycles. The van der Waals surface area contributed by atoms with Crippen molar-refractivity contribution in [3.63, 3.8) is 0 Å². The van der Waals surface area contributed by atoms with Crippen LogP contribution in [0.1, 0.15) is 181 Å². The maximum absolute atomic E-state index is 13.1. The summed E-state index contributed by atoms with van der Waals surface area (Å²) in [7, 11) is 0. The summed E-state index contributed by atoms with van der Waals surface area (Å²) in [4.78, 5) is 42.6. The highest BCUT2D eigenvalue weighted by Gasteiger charge is 2.38. The lowest BCUT2D eigenvalue weighted by molar-refractivity contribution is -0.158. The van der Waals surface area contributed by atoms with Gasteiger partial charge in [0.25, 0.3) is 0 Å². The minimum atomic E-state index is -0.455. The molecular formula is C40H76N2O6. The lowest BCUT2D eigenvalue weighted by Gasteiger charge is -2.41. The highest BCUT2D eigenvalue weighted by atomic mass is 16.5. The van der Waals surface area contributed by atoms with Crippen molar-refractivity contribution in [2.45, 2.75) is 181 Å². The van der Waals surface area contributed by atoms with Crippen molar-refractivity contribution < 1.29 is 29.0 Å². The van der Waals surface area contributed by atoms with E-state index in [2.05, 4.69) is 25.7 Å². The van der Waals surface area contributed by atoms with Crippen molar-refractivity contribution in [2.24, 2.45) is 5.41 Å². The number of rotatable bonds is 32. The summed E-state index contributed by atoms with van der Waals surface area (Å²) >= 11 is 0. The summed E-state index contributed by atoms with van der Waals surface area (Å²) in [5.74, 6) is -0.228. The van der Waals surface area contributed by atoms with Gasteiger partial charge in [-0.05, 0) is 38.6 Å². The van der Waals surface area contributed by atoms with Crippen LogP contribution in [0.15, 0.2) is 0 Å². The molecule has 0 unspecified atom stereocenters. The van der Waals surface area contributed by atoms with Crippen LogP contribution < -0.4 is 0 Å². The number of hydrogen-bond acceptors (Lipinski definition) is 7. The Morgan fingerprint density at radius 2 is 0.979 bits per heavy atom. The van der Waals surface area contributed by atoms with Gasteiger partial charge in [0.2, 0.25) is 5.91 Å². The molecule has 0 aliphatic carbocycles. The van der Waals surface area contributed by atoms with Gasteiger partial charge in [0.05, 0.1) is 6.61 Å². The fourth-order valence-corrected chi connectivity index (χ4v) is 6.60. The largest absolute Gasteiger partial charge is 0.465 e. The van der Waals surface area contributed by atoms with Gasteiger partial charge in [0.15, 0.2) is 0 Å². The number of likely N-dealkylation sites (tertiary alicyclic amines) is 1. The monoisotopic (exact) mass is 681 g/mol. The quantitative estimate of drug-likeness (QED) is 0.0560. The van der Waals surface area contributed by atoms with E-state index in [1.807, 2.05) is 4.90 Å². The molecule has 8 nitrogen and oxygen atoms in total. The van der Waals surface area contributed by atoms with Crippen LogP contribution >= 0.6 is 0 Å². The molecular weight excluding hydrogens is 604 g/mol. The molecule has 48 heavy (non-hydrogen) atoms. The van der Waals surface area contributed by atoms with E-state index < -0.39 is 5.41 Å². The number of aliphatic hydroxyl groups is 1. The lowest BCUT2D eigenvalue weighted by Crippen LogP contribution is -2.48. The summed E-state index contributed by atoms with van der Waals surface area (Å²) in [5, 5.41) is 9.41. The van der Waals surface area contributed by atoms with Crippen LogP contribution in [0, 0.1) is 5.41 Å². The molecule has 0 bridgehead atoms. The summed E-state index contributed by atoms with van der Waals surface area (Å²) < 4.78 is 11.6. The predicted molar refractivity (Wildman–Crippen MR) is 197 cm³/mol. The van der Waals surface area contributed by atoms with Crippen molar-refractivity contribution in [3.05, 3.63) is 0 Å². The van der Waals surface area contributed by atoms with Crippen molar-refractivity contribution in [3.8, 4) is 0 Å². The third-order valence-corrected chi connectivity index (χ3v) is 10.1. The van der Waals surface area contributed by atoms with Gasteiger partial charge < -0.3 is 24.4 Å². The van der Waals surface area contributed by atoms with E-state index in [0.29, 0.717) is 58.3 Å². The second kappa shape index (κ2) is 30.2. The van der Waals surface area contributed by atoms with Gasteiger partial charge in [-0.3, -0.25) is 14.4 Å². The number of carbonyl (C=O) groups is 3. The molecule has 1 N–H and O–H groups in total. The zero-order valence-corrected chi connectivity index (χ0v) is 31.7. The molecule has 1 fully saturated rings. The van der Waals surface area contributed by atoms with Crippen LogP contribution in [0.5, 0.6) is 0 Å². The second-order valence-corrected chi connectivity index (χ2v) is 14.5. The van der Waals surface area contributed by atoms with E-state index >= 15 is 0 Å². The van der Waals surface area contributed by atoms with Gasteiger partial charge in [-0.25, -0.2) is 0 Å². The number of piperidine rings is 1. The first kappa shape index (κ1) is 44.4. The first-order valence-corrected chi connectivity index (χ1v) is 20.3. The first-order chi connectivity index (χ1) is 23.4. The Morgan fingerprint density at radius 3 is 1.40 bits per heavy atom. The zero-order chi connectivity index (χ0) is 35.1. The molecule has 282 valence electrons. The summed E-state index contributed by atoms with van der Waals surface area (Å²) in [6.45, 7) is 10.5. The predicted octanol–water partition coefficient (Wildman–Crippen LogP) is 9.01.